The molecule has 2 rings (SSSR count). The van der Waals surface area contributed by atoms with E-state index in [9.17, 15) is 13.2 Å². The zero-order valence-electron chi connectivity index (χ0n) is 9.91. The van der Waals surface area contributed by atoms with E-state index in [4.69, 9.17) is 9.47 Å². The molecule has 0 aromatic heterocycles. The Balaban J connectivity index is 1.77. The number of hydrogen-bond acceptors (Lipinski definition) is 2. The van der Waals surface area contributed by atoms with Crippen molar-refractivity contribution in [3.8, 4) is 11.5 Å². The van der Waals surface area contributed by atoms with E-state index >= 15 is 0 Å². The number of hydrogen-bond donors (Lipinski definition) is 0. The van der Waals surface area contributed by atoms with E-state index in [1.165, 1.54) is 30.3 Å². The third kappa shape index (κ3) is 3.91. The molecule has 0 saturated heterocycles. The molecule has 0 N–H and O–H groups in total. The lowest BCUT2D eigenvalue weighted by atomic mass is 10.3. The van der Waals surface area contributed by atoms with Gasteiger partial charge in [-0.05, 0) is 36.4 Å². The van der Waals surface area contributed by atoms with E-state index in [0.717, 1.165) is 12.1 Å². The van der Waals surface area contributed by atoms with Crippen LogP contribution in [0.1, 0.15) is 0 Å². The minimum Gasteiger partial charge on any atom is -0.490 e. The van der Waals surface area contributed by atoms with Crippen molar-refractivity contribution in [2.75, 3.05) is 13.2 Å². The molecule has 100 valence electrons. The molecule has 5 heteroatoms. The molecular weight excluding hydrogens is 257 g/mol. The molecule has 0 atom stereocenters. The topological polar surface area (TPSA) is 18.5 Å². The first-order valence-electron chi connectivity index (χ1n) is 5.61. The van der Waals surface area contributed by atoms with Gasteiger partial charge in [-0.25, -0.2) is 13.2 Å². The molecule has 0 radical (unpaired) electrons. The van der Waals surface area contributed by atoms with Crippen LogP contribution in [0.25, 0.3) is 0 Å². The molecule has 0 spiro atoms. The summed E-state index contributed by atoms with van der Waals surface area (Å²) in [4.78, 5) is 0. The van der Waals surface area contributed by atoms with Crippen molar-refractivity contribution in [1.29, 1.82) is 0 Å². The fourth-order valence-electron chi connectivity index (χ4n) is 1.42. The Kier molecular flexibility index (Phi) is 4.28. The van der Waals surface area contributed by atoms with Crippen LogP contribution in [-0.4, -0.2) is 13.2 Å². The lowest BCUT2D eigenvalue weighted by Gasteiger charge is -2.08. The van der Waals surface area contributed by atoms with Crippen molar-refractivity contribution < 1.29 is 22.6 Å². The van der Waals surface area contributed by atoms with Gasteiger partial charge in [0.1, 0.15) is 30.5 Å². The molecule has 2 nitrogen and oxygen atoms in total. The maximum atomic E-state index is 12.9. The Morgan fingerprint density at radius 1 is 0.684 bits per heavy atom. The predicted molar refractivity (Wildman–Crippen MR) is 63.7 cm³/mol. The first-order valence-corrected chi connectivity index (χ1v) is 5.61. The zero-order valence-corrected chi connectivity index (χ0v) is 9.91. The molecule has 2 aromatic carbocycles. The number of halogens is 3. The molecule has 0 aliphatic rings. The normalized spacial score (nSPS) is 10.3. The average Bonchev–Trinajstić information content (AvgIpc) is 2.41. The Labute approximate surface area is 108 Å². The minimum absolute atomic E-state index is 0.169. The van der Waals surface area contributed by atoms with Gasteiger partial charge in [0.25, 0.3) is 0 Å². The lowest BCUT2D eigenvalue weighted by Crippen LogP contribution is -2.09. The highest BCUT2D eigenvalue weighted by atomic mass is 19.2. The summed E-state index contributed by atoms with van der Waals surface area (Å²) >= 11 is 0. The molecule has 0 fully saturated rings. The fraction of sp³-hybridized carbons (Fsp3) is 0.143. The van der Waals surface area contributed by atoms with Crippen LogP contribution in [0.5, 0.6) is 11.5 Å². The van der Waals surface area contributed by atoms with Crippen LogP contribution in [0.3, 0.4) is 0 Å². The van der Waals surface area contributed by atoms with Crippen LogP contribution in [0.2, 0.25) is 0 Å². The van der Waals surface area contributed by atoms with Gasteiger partial charge in [0.15, 0.2) is 11.6 Å². The third-order valence-corrected chi connectivity index (χ3v) is 2.33. The summed E-state index contributed by atoms with van der Waals surface area (Å²) in [6, 6.07) is 8.84. The second kappa shape index (κ2) is 6.13. The smallest absolute Gasteiger partial charge is 0.162 e. The molecule has 0 amide bonds. The largest absolute Gasteiger partial charge is 0.490 e. The minimum atomic E-state index is -0.961. The highest BCUT2D eigenvalue weighted by Gasteiger charge is 2.03. The number of rotatable bonds is 5. The van der Waals surface area contributed by atoms with E-state index in [2.05, 4.69) is 0 Å². The van der Waals surface area contributed by atoms with Gasteiger partial charge in [-0.1, -0.05) is 0 Å². The third-order valence-electron chi connectivity index (χ3n) is 2.33. The highest BCUT2D eigenvalue weighted by molar-refractivity contribution is 5.24. The summed E-state index contributed by atoms with van der Waals surface area (Å²) in [6.45, 7) is 0.382. The van der Waals surface area contributed by atoms with Crippen LogP contribution in [-0.2, 0) is 0 Å². The van der Waals surface area contributed by atoms with Crippen LogP contribution in [0.15, 0.2) is 42.5 Å². The van der Waals surface area contributed by atoms with Crippen molar-refractivity contribution >= 4 is 0 Å². The standard InChI is InChI=1S/C14H11F3O2/c15-10-1-3-11(4-2-10)18-7-8-19-12-5-6-13(16)14(17)9-12/h1-6,9H,7-8H2. The predicted octanol–water partition coefficient (Wildman–Crippen LogP) is 3.56. The van der Waals surface area contributed by atoms with Crippen LogP contribution in [0.4, 0.5) is 13.2 Å². The van der Waals surface area contributed by atoms with E-state index in [0.29, 0.717) is 5.75 Å². The van der Waals surface area contributed by atoms with Gasteiger partial charge in [0.05, 0.1) is 0 Å². The summed E-state index contributed by atoms with van der Waals surface area (Å²) in [5.74, 6) is -1.49. The second-order valence-corrected chi connectivity index (χ2v) is 3.73. The van der Waals surface area contributed by atoms with Gasteiger partial charge in [-0.2, -0.15) is 0 Å². The maximum absolute atomic E-state index is 12.9. The molecular formula is C14H11F3O2. The quantitative estimate of drug-likeness (QED) is 0.772. The fourth-order valence-corrected chi connectivity index (χ4v) is 1.42. The van der Waals surface area contributed by atoms with E-state index in [-0.39, 0.29) is 24.8 Å². The van der Waals surface area contributed by atoms with Crippen molar-refractivity contribution in [3.05, 3.63) is 59.9 Å². The molecule has 0 saturated carbocycles. The molecule has 0 heterocycles. The van der Waals surface area contributed by atoms with Crippen molar-refractivity contribution in [2.45, 2.75) is 0 Å². The molecule has 0 aliphatic carbocycles. The van der Waals surface area contributed by atoms with Crippen LogP contribution >= 0.6 is 0 Å². The number of benzene rings is 2. The molecule has 19 heavy (non-hydrogen) atoms. The monoisotopic (exact) mass is 268 g/mol. The molecule has 2 aromatic rings. The van der Waals surface area contributed by atoms with Gasteiger partial charge < -0.3 is 9.47 Å². The van der Waals surface area contributed by atoms with Crippen molar-refractivity contribution in [1.82, 2.24) is 0 Å². The average molecular weight is 268 g/mol. The van der Waals surface area contributed by atoms with Gasteiger partial charge in [0, 0.05) is 6.07 Å². The van der Waals surface area contributed by atoms with E-state index in [1.54, 1.807) is 0 Å². The molecule has 0 bridgehead atoms. The summed E-state index contributed by atoms with van der Waals surface area (Å²) in [5.41, 5.74) is 0. The highest BCUT2D eigenvalue weighted by Crippen LogP contribution is 2.15. The SMILES string of the molecule is Fc1ccc(OCCOc2ccc(F)c(F)c2)cc1. The Morgan fingerprint density at radius 3 is 1.89 bits per heavy atom. The molecule has 0 aliphatic heterocycles. The summed E-state index contributed by atoms with van der Waals surface area (Å²) in [7, 11) is 0. The Morgan fingerprint density at radius 2 is 1.26 bits per heavy atom. The van der Waals surface area contributed by atoms with E-state index in [1.807, 2.05) is 0 Å². The summed E-state index contributed by atoms with van der Waals surface area (Å²) in [5, 5.41) is 0. The Bertz CT molecular complexity index is 541. The van der Waals surface area contributed by atoms with Gasteiger partial charge in [-0.3, -0.25) is 0 Å². The second-order valence-electron chi connectivity index (χ2n) is 3.73. The lowest BCUT2D eigenvalue weighted by molar-refractivity contribution is 0.216. The first kappa shape index (κ1) is 13.3. The summed E-state index contributed by atoms with van der Waals surface area (Å²) in [6.07, 6.45) is 0. The van der Waals surface area contributed by atoms with Crippen LogP contribution in [0, 0.1) is 17.5 Å². The van der Waals surface area contributed by atoms with Gasteiger partial charge in [0.2, 0.25) is 0 Å². The van der Waals surface area contributed by atoms with Crippen molar-refractivity contribution in [2.24, 2.45) is 0 Å². The zero-order chi connectivity index (χ0) is 13.7. The summed E-state index contributed by atoms with van der Waals surface area (Å²) < 4.78 is 48.6. The number of ether oxygens (including phenoxy) is 2. The maximum Gasteiger partial charge on any atom is 0.162 e. The van der Waals surface area contributed by atoms with E-state index < -0.39 is 11.6 Å². The molecule has 0 unspecified atom stereocenters. The van der Waals surface area contributed by atoms with Crippen molar-refractivity contribution in [3.63, 3.8) is 0 Å². The van der Waals surface area contributed by atoms with Gasteiger partial charge in [-0.15, -0.1) is 0 Å². The Hall–Kier alpha value is -2.17. The van der Waals surface area contributed by atoms with Gasteiger partial charge >= 0.3 is 0 Å². The first-order chi connectivity index (χ1) is 9.15. The van der Waals surface area contributed by atoms with Crippen LogP contribution < -0.4 is 9.47 Å².